The van der Waals surface area contributed by atoms with Gasteiger partial charge in [-0.05, 0) is 36.4 Å². The fraction of sp³-hybridized carbons (Fsp3) is 0.250. The van der Waals surface area contributed by atoms with Crippen LogP contribution in [-0.4, -0.2) is 43.0 Å². The van der Waals surface area contributed by atoms with Crippen molar-refractivity contribution in [3.05, 3.63) is 54.1 Å². The van der Waals surface area contributed by atoms with E-state index in [9.17, 15) is 24.0 Å². The van der Waals surface area contributed by atoms with E-state index in [-0.39, 0.29) is 17.2 Å². The zero-order valence-electron chi connectivity index (χ0n) is 19.6. The van der Waals surface area contributed by atoms with Crippen molar-refractivity contribution in [3.8, 4) is 5.75 Å². The van der Waals surface area contributed by atoms with E-state index >= 15 is 0 Å². The lowest BCUT2D eigenvalue weighted by molar-refractivity contribution is -0.131. The number of urea groups is 1. The maximum Gasteiger partial charge on any atom is 0.335 e. The number of carbonyl (C=O) groups excluding carboxylic acids is 5. The molecule has 6 amide bonds. The summed E-state index contributed by atoms with van der Waals surface area (Å²) in [5, 5.41) is 8.57. The van der Waals surface area contributed by atoms with Gasteiger partial charge in [0.05, 0.1) is 12.8 Å². The van der Waals surface area contributed by atoms with Crippen molar-refractivity contribution < 1.29 is 28.7 Å². The lowest BCUT2D eigenvalue weighted by Gasteiger charge is -2.28. The minimum Gasteiger partial charge on any atom is -0.497 e. The van der Waals surface area contributed by atoms with Gasteiger partial charge in [-0.3, -0.25) is 24.5 Å². The van der Waals surface area contributed by atoms with E-state index in [1.807, 2.05) is 0 Å². The summed E-state index contributed by atoms with van der Waals surface area (Å²) in [5.74, 6) is -3.48. The van der Waals surface area contributed by atoms with Crippen molar-refractivity contribution in [2.24, 2.45) is 16.4 Å². The van der Waals surface area contributed by atoms with Gasteiger partial charge in [-0.1, -0.05) is 26.8 Å². The molecule has 1 atom stereocenters. The molecule has 0 radical (unpaired) electrons. The summed E-state index contributed by atoms with van der Waals surface area (Å²) >= 11 is 0. The first-order valence-electron chi connectivity index (χ1n) is 10.6. The lowest BCUT2D eigenvalue weighted by atomic mass is 9.95. The quantitative estimate of drug-likeness (QED) is 0.329. The number of barbiturate groups is 1. The molecule has 0 spiro atoms. The molecule has 1 aliphatic rings. The van der Waals surface area contributed by atoms with Crippen LogP contribution in [0.1, 0.15) is 31.1 Å². The predicted octanol–water partition coefficient (Wildman–Crippen LogP) is 2.29. The Kier molecular flexibility index (Phi) is 7.28. The van der Waals surface area contributed by atoms with Crippen LogP contribution in [0, 0.1) is 11.3 Å². The van der Waals surface area contributed by atoms with Crippen molar-refractivity contribution >= 4 is 47.2 Å². The molecular weight excluding hydrogens is 454 g/mol. The Morgan fingerprint density at radius 2 is 1.77 bits per heavy atom. The largest absolute Gasteiger partial charge is 0.497 e. The van der Waals surface area contributed by atoms with E-state index in [1.165, 1.54) is 31.4 Å². The van der Waals surface area contributed by atoms with E-state index in [1.54, 1.807) is 45.0 Å². The molecule has 1 fully saturated rings. The van der Waals surface area contributed by atoms with Gasteiger partial charge in [-0.2, -0.15) is 5.10 Å². The van der Waals surface area contributed by atoms with Crippen LogP contribution in [0.2, 0.25) is 0 Å². The number of imide groups is 2. The Labute approximate surface area is 201 Å². The average Bonchev–Trinajstić information content (AvgIpc) is 2.81. The number of amides is 6. The SMILES string of the molecule is COc1cccc(N2C(=O)NC(=O)[C@@H](/C=N\NC(=O)c3ccc(NC(=O)C(C)(C)C)cc3)C2=O)c1. The molecule has 0 bridgehead atoms. The molecule has 182 valence electrons. The van der Waals surface area contributed by atoms with Gasteiger partial charge in [-0.25, -0.2) is 15.1 Å². The Morgan fingerprint density at radius 1 is 1.09 bits per heavy atom. The fourth-order valence-electron chi connectivity index (χ4n) is 2.97. The number of hydrazone groups is 1. The highest BCUT2D eigenvalue weighted by Gasteiger charge is 2.40. The van der Waals surface area contributed by atoms with E-state index in [2.05, 4.69) is 21.2 Å². The standard InChI is InChI=1S/C24H25N5O6/c1-24(2,3)22(33)26-15-10-8-14(9-11-15)19(30)28-25-13-18-20(31)27-23(34)29(21(18)32)16-6-5-7-17(12-16)35-4/h5-13,18H,1-4H3,(H,26,33)(H,28,30)(H,27,31,34)/b25-13-/t18-/m1/s1. The minimum absolute atomic E-state index is 0.170. The molecule has 1 saturated heterocycles. The number of anilines is 2. The van der Waals surface area contributed by atoms with Gasteiger partial charge in [0.25, 0.3) is 11.8 Å². The Morgan fingerprint density at radius 3 is 2.40 bits per heavy atom. The summed E-state index contributed by atoms with van der Waals surface area (Å²) in [5.41, 5.74) is 2.65. The second-order valence-corrected chi connectivity index (χ2v) is 8.65. The van der Waals surface area contributed by atoms with Gasteiger partial charge in [0, 0.05) is 28.9 Å². The van der Waals surface area contributed by atoms with Gasteiger partial charge in [0.1, 0.15) is 5.75 Å². The number of benzene rings is 2. The fourth-order valence-corrected chi connectivity index (χ4v) is 2.97. The third-order valence-corrected chi connectivity index (χ3v) is 4.99. The number of rotatable bonds is 6. The number of nitrogens with zero attached hydrogens (tertiary/aromatic N) is 2. The van der Waals surface area contributed by atoms with Crippen molar-refractivity contribution in [3.63, 3.8) is 0 Å². The highest BCUT2D eigenvalue weighted by atomic mass is 16.5. The molecule has 1 heterocycles. The van der Waals surface area contributed by atoms with Crippen LogP contribution >= 0.6 is 0 Å². The first kappa shape index (κ1) is 25.1. The minimum atomic E-state index is -1.44. The number of ether oxygens (including phenoxy) is 1. The van der Waals surface area contributed by atoms with Crippen LogP contribution in [0.4, 0.5) is 16.2 Å². The van der Waals surface area contributed by atoms with Crippen LogP contribution in [0.25, 0.3) is 0 Å². The normalized spacial score (nSPS) is 16.2. The van der Waals surface area contributed by atoms with Gasteiger partial charge in [0.15, 0.2) is 5.92 Å². The molecule has 35 heavy (non-hydrogen) atoms. The van der Waals surface area contributed by atoms with Crippen LogP contribution in [0.3, 0.4) is 0 Å². The number of carbonyl (C=O) groups is 5. The Balaban J connectivity index is 1.67. The molecule has 2 aromatic rings. The van der Waals surface area contributed by atoms with Crippen molar-refractivity contribution in [1.29, 1.82) is 0 Å². The molecule has 1 aliphatic heterocycles. The predicted molar refractivity (Wildman–Crippen MR) is 128 cm³/mol. The maximum absolute atomic E-state index is 12.9. The summed E-state index contributed by atoms with van der Waals surface area (Å²) in [7, 11) is 1.44. The van der Waals surface area contributed by atoms with Crippen LogP contribution in [-0.2, 0) is 14.4 Å². The zero-order chi connectivity index (χ0) is 25.8. The van der Waals surface area contributed by atoms with E-state index < -0.39 is 35.1 Å². The van der Waals surface area contributed by atoms with E-state index in [0.717, 1.165) is 11.1 Å². The summed E-state index contributed by atoms with van der Waals surface area (Å²) in [6, 6.07) is 11.4. The highest BCUT2D eigenvalue weighted by Crippen LogP contribution is 2.24. The monoisotopic (exact) mass is 479 g/mol. The lowest BCUT2D eigenvalue weighted by Crippen LogP contribution is -2.58. The first-order valence-corrected chi connectivity index (χ1v) is 10.6. The molecule has 11 heteroatoms. The van der Waals surface area contributed by atoms with Crippen LogP contribution in [0.15, 0.2) is 53.6 Å². The number of hydrogen-bond donors (Lipinski definition) is 3. The van der Waals surface area contributed by atoms with Gasteiger partial charge >= 0.3 is 6.03 Å². The van der Waals surface area contributed by atoms with Crippen molar-refractivity contribution in [1.82, 2.24) is 10.7 Å². The molecule has 0 aliphatic carbocycles. The summed E-state index contributed by atoms with van der Waals surface area (Å²) in [6.07, 6.45) is 0.951. The number of hydrogen-bond acceptors (Lipinski definition) is 7. The van der Waals surface area contributed by atoms with Crippen LogP contribution in [0.5, 0.6) is 5.75 Å². The van der Waals surface area contributed by atoms with Gasteiger partial charge in [-0.15, -0.1) is 0 Å². The zero-order valence-corrected chi connectivity index (χ0v) is 19.6. The smallest absolute Gasteiger partial charge is 0.335 e. The molecule has 0 aromatic heterocycles. The molecule has 2 aromatic carbocycles. The van der Waals surface area contributed by atoms with E-state index in [0.29, 0.717) is 11.4 Å². The summed E-state index contributed by atoms with van der Waals surface area (Å²) in [4.78, 5) is 62.6. The van der Waals surface area contributed by atoms with Crippen LogP contribution < -0.4 is 25.7 Å². The molecule has 0 unspecified atom stereocenters. The topological polar surface area (TPSA) is 146 Å². The Hall–Kier alpha value is -4.54. The van der Waals surface area contributed by atoms with Crippen molar-refractivity contribution in [2.45, 2.75) is 20.8 Å². The molecule has 0 saturated carbocycles. The highest BCUT2D eigenvalue weighted by molar-refractivity contribution is 6.32. The Bertz CT molecular complexity index is 1200. The third-order valence-electron chi connectivity index (χ3n) is 4.99. The molecule has 3 N–H and O–H groups in total. The molecule has 11 nitrogen and oxygen atoms in total. The van der Waals surface area contributed by atoms with Gasteiger partial charge < -0.3 is 10.1 Å². The second-order valence-electron chi connectivity index (χ2n) is 8.65. The third kappa shape index (κ3) is 5.88. The number of nitrogens with one attached hydrogen (secondary N) is 3. The van der Waals surface area contributed by atoms with Gasteiger partial charge in [0.2, 0.25) is 11.8 Å². The summed E-state index contributed by atoms with van der Waals surface area (Å²) < 4.78 is 5.11. The second kappa shape index (κ2) is 10.2. The first-order chi connectivity index (χ1) is 16.5. The summed E-state index contributed by atoms with van der Waals surface area (Å²) in [6.45, 7) is 5.35. The van der Waals surface area contributed by atoms with E-state index in [4.69, 9.17) is 4.74 Å². The molecular formula is C24H25N5O6. The average molecular weight is 479 g/mol. The number of methoxy groups -OCH3 is 1. The van der Waals surface area contributed by atoms with Crippen molar-refractivity contribution in [2.75, 3.05) is 17.3 Å². The molecule has 3 rings (SSSR count). The maximum atomic E-state index is 12.9.